The molecule has 0 atom stereocenters. The summed E-state index contributed by atoms with van der Waals surface area (Å²) in [6, 6.07) is 5.17. The number of hydrogen-bond acceptors (Lipinski definition) is 2. The molecule has 6 heteroatoms. The SMILES string of the molecule is COc1cccc(CBr)c1OCCC(F)(F)F. The molecule has 96 valence electrons. The fourth-order valence-corrected chi connectivity index (χ4v) is 1.70. The molecule has 1 aromatic rings. The molecule has 0 radical (unpaired) electrons. The van der Waals surface area contributed by atoms with E-state index in [1.165, 1.54) is 7.11 Å². The van der Waals surface area contributed by atoms with Crippen molar-refractivity contribution in [3.05, 3.63) is 23.8 Å². The molecule has 0 heterocycles. The van der Waals surface area contributed by atoms with E-state index in [0.717, 1.165) is 5.56 Å². The Kier molecular flexibility index (Phi) is 5.11. The molecule has 0 aliphatic rings. The van der Waals surface area contributed by atoms with Gasteiger partial charge in [-0.1, -0.05) is 28.1 Å². The predicted molar refractivity (Wildman–Crippen MR) is 61.8 cm³/mol. The molecule has 2 nitrogen and oxygen atoms in total. The molecule has 1 rings (SSSR count). The lowest BCUT2D eigenvalue weighted by atomic mass is 10.2. The first-order valence-electron chi connectivity index (χ1n) is 4.89. The van der Waals surface area contributed by atoms with Gasteiger partial charge in [0, 0.05) is 10.9 Å². The lowest BCUT2D eigenvalue weighted by Gasteiger charge is -2.14. The van der Waals surface area contributed by atoms with E-state index < -0.39 is 19.2 Å². The first-order chi connectivity index (χ1) is 7.98. The van der Waals surface area contributed by atoms with E-state index in [0.29, 0.717) is 16.8 Å². The van der Waals surface area contributed by atoms with E-state index in [1.807, 2.05) is 0 Å². The van der Waals surface area contributed by atoms with Crippen molar-refractivity contribution in [2.75, 3.05) is 13.7 Å². The Morgan fingerprint density at radius 3 is 2.53 bits per heavy atom. The summed E-state index contributed by atoms with van der Waals surface area (Å²) in [5.41, 5.74) is 0.756. The molecule has 0 saturated carbocycles. The zero-order valence-corrected chi connectivity index (χ0v) is 10.8. The molecule has 0 amide bonds. The van der Waals surface area contributed by atoms with Crippen LogP contribution in [0.2, 0.25) is 0 Å². The Hall–Kier alpha value is -0.910. The van der Waals surface area contributed by atoms with Crippen LogP contribution in [0.3, 0.4) is 0 Å². The van der Waals surface area contributed by atoms with Crippen LogP contribution in [0.15, 0.2) is 18.2 Å². The Morgan fingerprint density at radius 1 is 1.29 bits per heavy atom. The lowest BCUT2D eigenvalue weighted by Crippen LogP contribution is -2.13. The van der Waals surface area contributed by atoms with Gasteiger partial charge in [0.2, 0.25) is 0 Å². The largest absolute Gasteiger partial charge is 0.493 e. The topological polar surface area (TPSA) is 18.5 Å². The fourth-order valence-electron chi connectivity index (χ4n) is 1.26. The van der Waals surface area contributed by atoms with Crippen molar-refractivity contribution >= 4 is 15.9 Å². The first kappa shape index (κ1) is 14.2. The molecule has 0 N–H and O–H groups in total. The van der Waals surface area contributed by atoms with Crippen LogP contribution in [0.4, 0.5) is 13.2 Å². The maximum absolute atomic E-state index is 12.0. The van der Waals surface area contributed by atoms with Gasteiger partial charge >= 0.3 is 6.18 Å². The predicted octanol–water partition coefficient (Wildman–Crippen LogP) is 3.92. The van der Waals surface area contributed by atoms with Crippen LogP contribution in [0.5, 0.6) is 11.5 Å². The molecule has 17 heavy (non-hydrogen) atoms. The average Bonchev–Trinajstić information content (AvgIpc) is 2.27. The highest BCUT2D eigenvalue weighted by Crippen LogP contribution is 2.33. The van der Waals surface area contributed by atoms with Crippen molar-refractivity contribution in [1.82, 2.24) is 0 Å². The highest BCUT2D eigenvalue weighted by molar-refractivity contribution is 9.08. The number of alkyl halides is 4. The molecule has 1 aromatic carbocycles. The second-order valence-corrected chi connectivity index (χ2v) is 3.86. The van der Waals surface area contributed by atoms with Gasteiger partial charge in [-0.15, -0.1) is 0 Å². The minimum atomic E-state index is -4.21. The number of benzene rings is 1. The van der Waals surface area contributed by atoms with Gasteiger partial charge in [0.15, 0.2) is 11.5 Å². The third-order valence-corrected chi connectivity index (χ3v) is 2.66. The van der Waals surface area contributed by atoms with Gasteiger partial charge in [-0.3, -0.25) is 0 Å². The third kappa shape index (κ3) is 4.46. The number of methoxy groups -OCH3 is 1. The van der Waals surface area contributed by atoms with Gasteiger partial charge < -0.3 is 9.47 Å². The number of rotatable bonds is 5. The van der Waals surface area contributed by atoms with Gasteiger partial charge in [0.1, 0.15) is 0 Å². The quantitative estimate of drug-likeness (QED) is 0.767. The van der Waals surface area contributed by atoms with Crippen molar-refractivity contribution in [2.45, 2.75) is 17.9 Å². The minimum Gasteiger partial charge on any atom is -0.493 e. The van der Waals surface area contributed by atoms with E-state index >= 15 is 0 Å². The number of para-hydroxylation sites is 1. The zero-order valence-electron chi connectivity index (χ0n) is 9.18. The van der Waals surface area contributed by atoms with Crippen LogP contribution in [0.25, 0.3) is 0 Å². The number of halogens is 4. The standard InChI is InChI=1S/C11H12BrF3O2/c1-16-9-4-2-3-8(7-12)10(9)17-6-5-11(13,14)15/h2-4H,5-7H2,1H3. The minimum absolute atomic E-state index is 0.358. The van der Waals surface area contributed by atoms with Crippen molar-refractivity contribution in [2.24, 2.45) is 0 Å². The normalized spacial score (nSPS) is 11.4. The maximum atomic E-state index is 12.0. The van der Waals surface area contributed by atoms with Crippen LogP contribution < -0.4 is 9.47 Å². The molecule has 0 unspecified atom stereocenters. The molecule has 0 aliphatic heterocycles. The van der Waals surface area contributed by atoms with Gasteiger partial charge in [-0.25, -0.2) is 0 Å². The number of ether oxygens (including phenoxy) is 2. The zero-order chi connectivity index (χ0) is 12.9. The lowest BCUT2D eigenvalue weighted by molar-refractivity contribution is -0.139. The summed E-state index contributed by atoms with van der Waals surface area (Å²) in [4.78, 5) is 0. The summed E-state index contributed by atoms with van der Waals surface area (Å²) in [7, 11) is 1.45. The Morgan fingerprint density at radius 2 is 2.00 bits per heavy atom. The van der Waals surface area contributed by atoms with Crippen LogP contribution in [0.1, 0.15) is 12.0 Å². The second-order valence-electron chi connectivity index (χ2n) is 3.30. The van der Waals surface area contributed by atoms with Crippen LogP contribution in [-0.4, -0.2) is 19.9 Å². The van der Waals surface area contributed by atoms with Gasteiger partial charge in [-0.05, 0) is 6.07 Å². The van der Waals surface area contributed by atoms with Gasteiger partial charge in [0.25, 0.3) is 0 Å². The summed E-state index contributed by atoms with van der Waals surface area (Å²) in [5.74, 6) is 0.792. The molecule has 0 aromatic heterocycles. The van der Waals surface area contributed by atoms with Crippen LogP contribution in [-0.2, 0) is 5.33 Å². The number of hydrogen-bond donors (Lipinski definition) is 0. The Balaban J connectivity index is 2.74. The van der Waals surface area contributed by atoms with Crippen molar-refractivity contribution in [3.8, 4) is 11.5 Å². The van der Waals surface area contributed by atoms with E-state index in [9.17, 15) is 13.2 Å². The third-order valence-electron chi connectivity index (χ3n) is 2.06. The molecular formula is C11H12BrF3O2. The van der Waals surface area contributed by atoms with Crippen molar-refractivity contribution in [1.29, 1.82) is 0 Å². The van der Waals surface area contributed by atoms with E-state index in [4.69, 9.17) is 9.47 Å². The molecule has 0 spiro atoms. The molecular weight excluding hydrogens is 301 g/mol. The summed E-state index contributed by atoms with van der Waals surface area (Å²) < 4.78 is 46.2. The van der Waals surface area contributed by atoms with Crippen molar-refractivity contribution in [3.63, 3.8) is 0 Å². The summed E-state index contributed by atoms with van der Waals surface area (Å²) >= 11 is 3.25. The van der Waals surface area contributed by atoms with Gasteiger partial charge in [0.05, 0.1) is 20.1 Å². The smallest absolute Gasteiger partial charge is 0.392 e. The van der Waals surface area contributed by atoms with Crippen LogP contribution >= 0.6 is 15.9 Å². The highest BCUT2D eigenvalue weighted by Gasteiger charge is 2.27. The molecule has 0 bridgehead atoms. The molecule has 0 fully saturated rings. The second kappa shape index (κ2) is 6.14. The summed E-state index contributed by atoms with van der Waals surface area (Å²) in [5, 5.41) is 0.492. The average molecular weight is 313 g/mol. The van der Waals surface area contributed by atoms with E-state index in [-0.39, 0.29) is 0 Å². The monoisotopic (exact) mass is 312 g/mol. The van der Waals surface area contributed by atoms with E-state index in [1.54, 1.807) is 18.2 Å². The van der Waals surface area contributed by atoms with Crippen molar-refractivity contribution < 1.29 is 22.6 Å². The molecule has 0 saturated heterocycles. The van der Waals surface area contributed by atoms with E-state index in [2.05, 4.69) is 15.9 Å². The fraction of sp³-hybridized carbons (Fsp3) is 0.455. The Labute approximate surface area is 106 Å². The summed E-state index contributed by atoms with van der Waals surface area (Å²) in [6.07, 6.45) is -5.19. The summed E-state index contributed by atoms with van der Waals surface area (Å²) in [6.45, 7) is -0.413. The molecule has 0 aliphatic carbocycles. The first-order valence-corrected chi connectivity index (χ1v) is 6.01. The van der Waals surface area contributed by atoms with Gasteiger partial charge in [-0.2, -0.15) is 13.2 Å². The van der Waals surface area contributed by atoms with Crippen LogP contribution in [0, 0.1) is 0 Å². The highest BCUT2D eigenvalue weighted by atomic mass is 79.9. The maximum Gasteiger partial charge on any atom is 0.392 e. The Bertz CT molecular complexity index is 344.